The fourth-order valence-electron chi connectivity index (χ4n) is 3.20. The number of sulfonamides is 1. The van der Waals surface area contributed by atoms with Crippen LogP contribution in [0.5, 0.6) is 0 Å². The highest BCUT2D eigenvalue weighted by molar-refractivity contribution is 7.89. The lowest BCUT2D eigenvalue weighted by atomic mass is 10.2. The Balaban J connectivity index is 1.47. The van der Waals surface area contributed by atoms with Gasteiger partial charge in [0.25, 0.3) is 5.91 Å². The second-order valence-corrected chi connectivity index (χ2v) is 9.17. The van der Waals surface area contributed by atoms with Gasteiger partial charge in [-0.1, -0.05) is 12.8 Å². The third-order valence-corrected chi connectivity index (χ3v) is 6.80. The number of benzene rings is 1. The van der Waals surface area contributed by atoms with Gasteiger partial charge in [-0.15, -0.1) is 0 Å². The normalized spacial score (nSPS) is 14.9. The van der Waals surface area contributed by atoms with E-state index in [9.17, 15) is 22.8 Å². The van der Waals surface area contributed by atoms with Crippen molar-refractivity contribution in [3.63, 3.8) is 0 Å². The van der Waals surface area contributed by atoms with Crippen LogP contribution >= 0.6 is 0 Å². The molecule has 0 radical (unpaired) electrons. The number of nitrogens with zero attached hydrogens (tertiary/aromatic N) is 1. The summed E-state index contributed by atoms with van der Waals surface area (Å²) in [6.45, 7) is 0.395. The molecule has 1 aliphatic heterocycles. The predicted molar refractivity (Wildman–Crippen MR) is 113 cm³/mol. The second kappa shape index (κ2) is 10.9. The van der Waals surface area contributed by atoms with Gasteiger partial charge in [-0.3, -0.25) is 10.1 Å². The van der Waals surface area contributed by atoms with Gasteiger partial charge in [0.15, 0.2) is 6.61 Å². The molecule has 2 N–H and O–H groups in total. The van der Waals surface area contributed by atoms with Gasteiger partial charge in [0.1, 0.15) is 5.76 Å². The Bertz CT molecular complexity index is 1030. The number of urea groups is 1. The molecular formula is C21H25N3O7S. The lowest BCUT2D eigenvalue weighted by molar-refractivity contribution is -0.123. The maximum atomic E-state index is 12.8. The largest absolute Gasteiger partial charge is 0.467 e. The van der Waals surface area contributed by atoms with Gasteiger partial charge < -0.3 is 14.5 Å². The van der Waals surface area contributed by atoms with E-state index in [0.717, 1.165) is 25.7 Å². The van der Waals surface area contributed by atoms with Crippen molar-refractivity contribution in [1.82, 2.24) is 14.9 Å². The van der Waals surface area contributed by atoms with Crippen molar-refractivity contribution >= 4 is 27.9 Å². The summed E-state index contributed by atoms with van der Waals surface area (Å²) in [5.74, 6) is -1.11. The topological polar surface area (TPSA) is 135 Å². The zero-order valence-corrected chi connectivity index (χ0v) is 18.2. The molecule has 0 spiro atoms. The maximum absolute atomic E-state index is 12.8. The molecule has 10 nitrogen and oxygen atoms in total. The van der Waals surface area contributed by atoms with E-state index in [1.807, 2.05) is 5.32 Å². The molecule has 32 heavy (non-hydrogen) atoms. The van der Waals surface area contributed by atoms with Gasteiger partial charge in [0, 0.05) is 13.1 Å². The first-order valence-corrected chi connectivity index (χ1v) is 11.7. The fourth-order valence-corrected chi connectivity index (χ4v) is 4.71. The lowest BCUT2D eigenvalue weighted by Gasteiger charge is -2.19. The van der Waals surface area contributed by atoms with Crippen molar-refractivity contribution < 1.29 is 32.0 Å². The Hall–Kier alpha value is -3.18. The summed E-state index contributed by atoms with van der Waals surface area (Å²) in [4.78, 5) is 35.7. The van der Waals surface area contributed by atoms with Crippen LogP contribution in [-0.2, 0) is 26.1 Å². The first kappa shape index (κ1) is 23.5. The number of nitrogens with one attached hydrogen (secondary N) is 2. The van der Waals surface area contributed by atoms with Crippen molar-refractivity contribution in [1.29, 1.82) is 0 Å². The molecule has 0 atom stereocenters. The van der Waals surface area contributed by atoms with Crippen LogP contribution in [0.2, 0.25) is 0 Å². The van der Waals surface area contributed by atoms with Crippen molar-refractivity contribution in [3.05, 3.63) is 54.0 Å². The average molecular weight is 464 g/mol. The van der Waals surface area contributed by atoms with Crippen LogP contribution in [-0.4, -0.2) is 50.3 Å². The molecule has 1 aromatic carbocycles. The quantitative estimate of drug-likeness (QED) is 0.600. The number of hydrogen-bond acceptors (Lipinski definition) is 7. The third kappa shape index (κ3) is 6.41. The standard InChI is InChI=1S/C21H25N3O7S/c25-19(23-21(27)22-14-17-6-5-13-30-17)15-31-20(26)16-7-9-18(10-8-16)32(28,29)24-11-3-1-2-4-12-24/h5-10,13H,1-4,11-12,14-15H2,(H2,22,23,25,27). The smallest absolute Gasteiger partial charge is 0.338 e. The Kier molecular flexibility index (Phi) is 8.01. The van der Waals surface area contributed by atoms with E-state index in [-0.39, 0.29) is 17.0 Å². The summed E-state index contributed by atoms with van der Waals surface area (Å²) >= 11 is 0. The van der Waals surface area contributed by atoms with E-state index in [0.29, 0.717) is 18.8 Å². The van der Waals surface area contributed by atoms with Crippen LogP contribution in [0.1, 0.15) is 41.8 Å². The molecule has 0 unspecified atom stereocenters. The molecule has 1 fully saturated rings. The monoisotopic (exact) mass is 463 g/mol. The van der Waals surface area contributed by atoms with E-state index in [2.05, 4.69) is 5.32 Å². The summed E-state index contributed by atoms with van der Waals surface area (Å²) in [6.07, 6.45) is 5.13. The van der Waals surface area contributed by atoms with Crippen molar-refractivity contribution in [2.75, 3.05) is 19.7 Å². The lowest BCUT2D eigenvalue weighted by Crippen LogP contribution is -2.41. The molecule has 1 aromatic heterocycles. The molecule has 3 rings (SSSR count). The van der Waals surface area contributed by atoms with Gasteiger partial charge in [0.05, 0.1) is 23.3 Å². The Morgan fingerprint density at radius 3 is 2.31 bits per heavy atom. The highest BCUT2D eigenvalue weighted by Crippen LogP contribution is 2.20. The zero-order chi connectivity index (χ0) is 23.0. The SMILES string of the molecule is O=C(COC(=O)c1ccc(S(=O)(=O)N2CCCCCC2)cc1)NC(=O)NCc1ccco1. The zero-order valence-electron chi connectivity index (χ0n) is 17.4. The Morgan fingerprint density at radius 2 is 1.69 bits per heavy atom. The highest BCUT2D eigenvalue weighted by atomic mass is 32.2. The summed E-state index contributed by atoms with van der Waals surface area (Å²) in [5.41, 5.74) is 0.0925. The minimum atomic E-state index is -3.62. The van der Waals surface area contributed by atoms with Crippen molar-refractivity contribution in [3.8, 4) is 0 Å². The number of furan rings is 1. The fraction of sp³-hybridized carbons (Fsp3) is 0.381. The first-order valence-electron chi connectivity index (χ1n) is 10.2. The molecule has 0 bridgehead atoms. The Morgan fingerprint density at radius 1 is 1.00 bits per heavy atom. The van der Waals surface area contributed by atoms with Crippen molar-refractivity contribution in [2.24, 2.45) is 0 Å². The molecule has 1 saturated heterocycles. The number of hydrogen-bond donors (Lipinski definition) is 2. The third-order valence-electron chi connectivity index (χ3n) is 4.88. The molecular weight excluding hydrogens is 438 g/mol. The summed E-state index contributed by atoms with van der Waals surface area (Å²) in [5, 5.41) is 4.45. The van der Waals surface area contributed by atoms with Crippen LogP contribution in [0.15, 0.2) is 52.0 Å². The van der Waals surface area contributed by atoms with Crippen molar-refractivity contribution in [2.45, 2.75) is 37.1 Å². The van der Waals surface area contributed by atoms with E-state index in [4.69, 9.17) is 9.15 Å². The molecule has 2 aromatic rings. The van der Waals surface area contributed by atoms with E-state index >= 15 is 0 Å². The molecule has 172 valence electrons. The minimum Gasteiger partial charge on any atom is -0.467 e. The molecule has 3 amide bonds. The number of rotatable bonds is 7. The average Bonchev–Trinajstić information content (AvgIpc) is 3.15. The number of carbonyl (C=O) groups excluding carboxylic acids is 3. The van der Waals surface area contributed by atoms with Crippen LogP contribution in [0.25, 0.3) is 0 Å². The number of esters is 1. The summed E-state index contributed by atoms with van der Waals surface area (Å²) in [6, 6.07) is 7.93. The molecule has 2 heterocycles. The van der Waals surface area contributed by atoms with E-state index in [1.54, 1.807) is 12.1 Å². The molecule has 11 heteroatoms. The van der Waals surface area contributed by atoms with Gasteiger partial charge in [-0.05, 0) is 49.2 Å². The van der Waals surface area contributed by atoms with Crippen LogP contribution < -0.4 is 10.6 Å². The van der Waals surface area contributed by atoms with Gasteiger partial charge >= 0.3 is 12.0 Å². The summed E-state index contributed by atoms with van der Waals surface area (Å²) in [7, 11) is -3.62. The highest BCUT2D eigenvalue weighted by Gasteiger charge is 2.25. The first-order chi connectivity index (χ1) is 15.4. The number of imide groups is 1. The van der Waals surface area contributed by atoms with E-state index < -0.39 is 34.5 Å². The molecule has 0 aliphatic carbocycles. The van der Waals surface area contributed by atoms with Gasteiger partial charge in [-0.2, -0.15) is 4.31 Å². The van der Waals surface area contributed by atoms with Gasteiger partial charge in [-0.25, -0.2) is 18.0 Å². The van der Waals surface area contributed by atoms with Gasteiger partial charge in [0.2, 0.25) is 10.0 Å². The maximum Gasteiger partial charge on any atom is 0.338 e. The second-order valence-electron chi connectivity index (χ2n) is 7.23. The molecule has 1 aliphatic rings. The number of amides is 3. The predicted octanol–water partition coefficient (Wildman–Crippen LogP) is 2.03. The Labute approximate surface area is 186 Å². The van der Waals surface area contributed by atoms with Crippen LogP contribution in [0.3, 0.4) is 0 Å². The van der Waals surface area contributed by atoms with Crippen LogP contribution in [0.4, 0.5) is 4.79 Å². The summed E-state index contributed by atoms with van der Waals surface area (Å²) < 4.78 is 37.0. The number of ether oxygens (including phenoxy) is 1. The van der Waals surface area contributed by atoms with E-state index in [1.165, 1.54) is 34.8 Å². The number of carbonyl (C=O) groups is 3. The molecule has 0 saturated carbocycles. The van der Waals surface area contributed by atoms with Crippen LogP contribution in [0, 0.1) is 0 Å². The minimum absolute atomic E-state index is 0.0925.